The highest BCUT2D eigenvalue weighted by atomic mass is 32.2. The van der Waals surface area contributed by atoms with Crippen molar-refractivity contribution in [3.63, 3.8) is 0 Å². The molecule has 0 atom stereocenters. The average Bonchev–Trinajstić information content (AvgIpc) is 3.10. The van der Waals surface area contributed by atoms with Crippen LogP contribution in [0.4, 0.5) is 5.82 Å². The molecule has 1 aromatic carbocycles. The van der Waals surface area contributed by atoms with E-state index in [0.717, 1.165) is 46.3 Å². The Morgan fingerprint density at radius 1 is 1.14 bits per heavy atom. The summed E-state index contributed by atoms with van der Waals surface area (Å²) in [5.41, 5.74) is 1.80. The van der Waals surface area contributed by atoms with E-state index in [-0.39, 0.29) is 5.91 Å². The fourth-order valence-corrected chi connectivity index (χ4v) is 3.38. The lowest BCUT2D eigenvalue weighted by Crippen LogP contribution is -2.28. The van der Waals surface area contributed by atoms with Gasteiger partial charge in [-0.25, -0.2) is 14.6 Å². The van der Waals surface area contributed by atoms with Crippen LogP contribution in [-0.2, 0) is 17.8 Å². The Morgan fingerprint density at radius 3 is 2.71 bits per heavy atom. The minimum Gasteiger partial charge on any atom is -0.369 e. The van der Waals surface area contributed by atoms with E-state index in [2.05, 4.69) is 39.5 Å². The number of carbonyl (C=O) groups excluding carboxylic acids is 1. The number of carbonyl (C=O) groups is 1. The molecule has 1 amide bonds. The first-order chi connectivity index (χ1) is 13.7. The van der Waals surface area contributed by atoms with Gasteiger partial charge < -0.3 is 10.6 Å². The van der Waals surface area contributed by atoms with Crippen LogP contribution in [0.15, 0.2) is 41.7 Å². The number of anilines is 1. The van der Waals surface area contributed by atoms with Crippen LogP contribution >= 0.6 is 11.8 Å². The highest BCUT2D eigenvalue weighted by molar-refractivity contribution is 7.99. The molecule has 0 fully saturated rings. The summed E-state index contributed by atoms with van der Waals surface area (Å²) in [5.74, 6) is 1.73. The molecule has 7 nitrogen and oxygen atoms in total. The number of benzene rings is 1. The van der Waals surface area contributed by atoms with Crippen molar-refractivity contribution >= 4 is 34.5 Å². The van der Waals surface area contributed by atoms with Gasteiger partial charge in [0.05, 0.1) is 24.5 Å². The SMILES string of the molecule is CCCNc1nc(SCC)nc2c1cnn2CCNC(=O)Cc1ccccc1. The Bertz CT molecular complexity index is 912. The van der Waals surface area contributed by atoms with Crippen molar-refractivity contribution < 1.29 is 4.79 Å². The molecule has 0 aliphatic rings. The van der Waals surface area contributed by atoms with E-state index in [0.29, 0.717) is 19.5 Å². The summed E-state index contributed by atoms with van der Waals surface area (Å²) in [6.07, 6.45) is 3.19. The summed E-state index contributed by atoms with van der Waals surface area (Å²) in [6.45, 7) is 6.11. The van der Waals surface area contributed by atoms with Crippen LogP contribution in [0.3, 0.4) is 0 Å². The topological polar surface area (TPSA) is 84.7 Å². The molecular formula is C20H26N6OS. The van der Waals surface area contributed by atoms with E-state index in [9.17, 15) is 4.79 Å². The van der Waals surface area contributed by atoms with Crippen molar-refractivity contribution in [3.05, 3.63) is 42.1 Å². The first kappa shape index (κ1) is 20.1. The van der Waals surface area contributed by atoms with Gasteiger partial charge in [-0.2, -0.15) is 5.10 Å². The molecule has 0 saturated carbocycles. The van der Waals surface area contributed by atoms with Crippen LogP contribution in [0.2, 0.25) is 0 Å². The predicted octanol–water partition coefficient (Wildman–Crippen LogP) is 3.12. The first-order valence-corrected chi connectivity index (χ1v) is 10.6. The quantitative estimate of drug-likeness (QED) is 0.403. The minimum atomic E-state index is 0.00446. The number of fused-ring (bicyclic) bond motifs is 1. The third-order valence-electron chi connectivity index (χ3n) is 4.14. The number of rotatable bonds is 10. The summed E-state index contributed by atoms with van der Waals surface area (Å²) in [5, 5.41) is 12.4. The van der Waals surface area contributed by atoms with Crippen LogP contribution in [0.1, 0.15) is 25.8 Å². The van der Waals surface area contributed by atoms with E-state index >= 15 is 0 Å². The molecule has 0 aliphatic heterocycles. The smallest absolute Gasteiger partial charge is 0.224 e. The number of amides is 1. The minimum absolute atomic E-state index is 0.00446. The Kier molecular flexibility index (Phi) is 7.25. The third-order valence-corrected chi connectivity index (χ3v) is 4.87. The maximum Gasteiger partial charge on any atom is 0.224 e. The zero-order valence-electron chi connectivity index (χ0n) is 16.3. The third kappa shape index (κ3) is 5.22. The van der Waals surface area contributed by atoms with Crippen molar-refractivity contribution in [1.29, 1.82) is 0 Å². The number of hydrogen-bond acceptors (Lipinski definition) is 6. The molecule has 0 aliphatic carbocycles. The van der Waals surface area contributed by atoms with Crippen LogP contribution in [-0.4, -0.2) is 44.5 Å². The molecule has 0 radical (unpaired) electrons. The van der Waals surface area contributed by atoms with Crippen LogP contribution in [0.25, 0.3) is 11.0 Å². The molecule has 2 heterocycles. The predicted molar refractivity (Wildman–Crippen MR) is 114 cm³/mol. The molecule has 0 saturated heterocycles. The molecule has 28 heavy (non-hydrogen) atoms. The Balaban J connectivity index is 1.67. The van der Waals surface area contributed by atoms with Gasteiger partial charge in [0, 0.05) is 13.1 Å². The van der Waals surface area contributed by atoms with Crippen LogP contribution in [0.5, 0.6) is 0 Å². The van der Waals surface area contributed by atoms with Gasteiger partial charge in [0.1, 0.15) is 5.82 Å². The van der Waals surface area contributed by atoms with Crippen molar-refractivity contribution in [2.24, 2.45) is 0 Å². The van der Waals surface area contributed by atoms with Gasteiger partial charge >= 0.3 is 0 Å². The lowest BCUT2D eigenvalue weighted by Gasteiger charge is -2.09. The van der Waals surface area contributed by atoms with Gasteiger partial charge in [0.15, 0.2) is 10.8 Å². The largest absolute Gasteiger partial charge is 0.369 e. The zero-order valence-corrected chi connectivity index (χ0v) is 17.1. The average molecular weight is 399 g/mol. The monoisotopic (exact) mass is 398 g/mol. The molecule has 2 N–H and O–H groups in total. The van der Waals surface area contributed by atoms with E-state index in [1.165, 1.54) is 0 Å². The fourth-order valence-electron chi connectivity index (χ4n) is 2.82. The van der Waals surface area contributed by atoms with Crippen molar-refractivity contribution in [3.8, 4) is 0 Å². The molecule has 0 spiro atoms. The van der Waals surface area contributed by atoms with Crippen molar-refractivity contribution in [2.45, 2.75) is 38.4 Å². The van der Waals surface area contributed by atoms with Gasteiger partial charge in [-0.15, -0.1) is 0 Å². The highest BCUT2D eigenvalue weighted by Gasteiger charge is 2.13. The number of thioether (sulfide) groups is 1. The number of aromatic nitrogens is 4. The number of nitrogens with zero attached hydrogens (tertiary/aromatic N) is 4. The van der Waals surface area contributed by atoms with Gasteiger partial charge in [-0.3, -0.25) is 4.79 Å². The summed E-state index contributed by atoms with van der Waals surface area (Å²) in [7, 11) is 0. The summed E-state index contributed by atoms with van der Waals surface area (Å²) >= 11 is 1.61. The normalized spacial score (nSPS) is 10.9. The first-order valence-electron chi connectivity index (χ1n) is 9.62. The second-order valence-electron chi connectivity index (χ2n) is 6.33. The second-order valence-corrected chi connectivity index (χ2v) is 7.56. The fraction of sp³-hybridized carbons (Fsp3) is 0.400. The molecule has 2 aromatic heterocycles. The van der Waals surface area contributed by atoms with Crippen molar-refractivity contribution in [2.75, 3.05) is 24.2 Å². The number of hydrogen-bond donors (Lipinski definition) is 2. The molecule has 8 heteroatoms. The molecule has 148 valence electrons. The molecule has 3 aromatic rings. The summed E-state index contributed by atoms with van der Waals surface area (Å²) < 4.78 is 1.83. The maximum absolute atomic E-state index is 12.1. The molecule has 3 rings (SSSR count). The van der Waals surface area contributed by atoms with E-state index < -0.39 is 0 Å². The zero-order chi connectivity index (χ0) is 19.8. The Morgan fingerprint density at radius 2 is 1.96 bits per heavy atom. The molecule has 0 bridgehead atoms. The van der Waals surface area contributed by atoms with E-state index in [1.807, 2.05) is 35.0 Å². The van der Waals surface area contributed by atoms with E-state index in [1.54, 1.807) is 18.0 Å². The van der Waals surface area contributed by atoms with E-state index in [4.69, 9.17) is 0 Å². The highest BCUT2D eigenvalue weighted by Crippen LogP contribution is 2.24. The Hall–Kier alpha value is -2.61. The maximum atomic E-state index is 12.1. The number of nitrogens with one attached hydrogen (secondary N) is 2. The van der Waals surface area contributed by atoms with Crippen LogP contribution < -0.4 is 10.6 Å². The molecule has 0 unspecified atom stereocenters. The molecular weight excluding hydrogens is 372 g/mol. The van der Waals surface area contributed by atoms with Gasteiger partial charge in [0.25, 0.3) is 0 Å². The Labute approximate surface area is 169 Å². The van der Waals surface area contributed by atoms with Gasteiger partial charge in [-0.1, -0.05) is 55.9 Å². The lowest BCUT2D eigenvalue weighted by molar-refractivity contribution is -0.120. The lowest BCUT2D eigenvalue weighted by atomic mass is 10.1. The van der Waals surface area contributed by atoms with Crippen molar-refractivity contribution in [1.82, 2.24) is 25.1 Å². The van der Waals surface area contributed by atoms with Gasteiger partial charge in [-0.05, 0) is 17.7 Å². The summed E-state index contributed by atoms with van der Waals surface area (Å²) in [6, 6.07) is 9.73. The second kappa shape index (κ2) is 10.1. The van der Waals surface area contributed by atoms with Crippen LogP contribution in [0, 0.1) is 0 Å². The standard InChI is InChI=1S/C20H26N6OS/c1-3-10-22-18-16-14-23-26(19(16)25-20(24-18)28-4-2)12-11-21-17(27)13-15-8-6-5-7-9-15/h5-9,14H,3-4,10-13H2,1-2H3,(H,21,27)(H,22,24,25). The summed E-state index contributed by atoms with van der Waals surface area (Å²) in [4.78, 5) is 21.4. The van der Waals surface area contributed by atoms with Gasteiger partial charge in [0.2, 0.25) is 5.91 Å².